The third-order valence-corrected chi connectivity index (χ3v) is 6.59. The summed E-state index contributed by atoms with van der Waals surface area (Å²) in [5, 5.41) is 6.80. The molecule has 0 radical (unpaired) electrons. The van der Waals surface area contributed by atoms with Gasteiger partial charge in [0.05, 0.1) is 29.8 Å². The molecule has 9 heteroatoms. The first-order valence-electron chi connectivity index (χ1n) is 11.0. The fourth-order valence-electron chi connectivity index (χ4n) is 3.58. The molecule has 0 spiro atoms. The number of hydrogen-bond acceptors (Lipinski definition) is 5. The molecule has 0 fully saturated rings. The van der Waals surface area contributed by atoms with Gasteiger partial charge in [0, 0.05) is 27.7 Å². The van der Waals surface area contributed by atoms with Crippen LogP contribution in [0.25, 0.3) is 11.4 Å². The van der Waals surface area contributed by atoms with Crippen molar-refractivity contribution >= 4 is 40.4 Å². The highest BCUT2D eigenvalue weighted by atomic mass is 35.5. The molecule has 0 bridgehead atoms. The third kappa shape index (κ3) is 5.84. The zero-order valence-corrected chi connectivity index (χ0v) is 21.3. The number of unbranched alkanes of at least 4 members (excludes halogenated alkanes) is 1. The van der Waals surface area contributed by atoms with Gasteiger partial charge in [-0.1, -0.05) is 36.5 Å². The quantitative estimate of drug-likeness (QED) is 0.230. The van der Waals surface area contributed by atoms with Crippen LogP contribution in [0, 0.1) is 6.92 Å². The van der Waals surface area contributed by atoms with Crippen LogP contribution >= 0.6 is 34.5 Å². The Morgan fingerprint density at radius 1 is 1.24 bits per heavy atom. The van der Waals surface area contributed by atoms with Crippen molar-refractivity contribution in [3.63, 3.8) is 0 Å². The van der Waals surface area contributed by atoms with Gasteiger partial charge >= 0.3 is 0 Å². The molecule has 0 aliphatic carbocycles. The summed E-state index contributed by atoms with van der Waals surface area (Å²) < 4.78 is 13.5. The Balaban J connectivity index is 1.58. The first-order valence-corrected chi connectivity index (χ1v) is 12.6. The summed E-state index contributed by atoms with van der Waals surface area (Å²) in [6.45, 7) is 5.48. The minimum absolute atomic E-state index is 0.0815. The highest BCUT2D eigenvalue weighted by Crippen LogP contribution is 2.30. The van der Waals surface area contributed by atoms with Gasteiger partial charge in [-0.2, -0.15) is 0 Å². The molecular formula is C25H25Cl2N3O3S. The van der Waals surface area contributed by atoms with E-state index in [-0.39, 0.29) is 12.5 Å². The van der Waals surface area contributed by atoms with E-state index in [4.69, 9.17) is 37.3 Å². The van der Waals surface area contributed by atoms with Gasteiger partial charge in [-0.25, -0.2) is 4.98 Å². The van der Waals surface area contributed by atoms with Gasteiger partial charge in [0.1, 0.15) is 23.1 Å². The minimum Gasteiger partial charge on any atom is -0.486 e. The summed E-state index contributed by atoms with van der Waals surface area (Å²) in [5.41, 5.74) is 3.12. The van der Waals surface area contributed by atoms with Gasteiger partial charge in [-0.05, 0) is 49.7 Å². The van der Waals surface area contributed by atoms with Crippen molar-refractivity contribution in [1.29, 1.82) is 0 Å². The standard InChI is InChI=1S/C25H25Cl2N3O3S/c1-3-4-7-28-25(31)21-12-23(30(16(21)2)13-19-6-5-8-32-19)22-15-34-24(29-22)14-33-20-10-17(26)9-18(27)11-20/h5-6,8-12,15H,3-4,7,13-14H2,1-2H3,(H,28,31). The molecule has 3 aromatic heterocycles. The Kier molecular flexibility index (Phi) is 7.98. The van der Waals surface area contributed by atoms with Gasteiger partial charge < -0.3 is 19.0 Å². The van der Waals surface area contributed by atoms with Crippen LogP contribution in [-0.4, -0.2) is 22.0 Å². The van der Waals surface area contributed by atoms with E-state index >= 15 is 0 Å². The Morgan fingerprint density at radius 3 is 2.74 bits per heavy atom. The number of hydrogen-bond donors (Lipinski definition) is 1. The van der Waals surface area contributed by atoms with E-state index in [1.807, 2.05) is 30.5 Å². The van der Waals surface area contributed by atoms with Gasteiger partial charge in [0.2, 0.25) is 0 Å². The molecule has 0 atom stereocenters. The number of thiazole rings is 1. The van der Waals surface area contributed by atoms with Crippen LogP contribution in [0.1, 0.15) is 46.6 Å². The number of halogens is 2. The topological polar surface area (TPSA) is 69.3 Å². The van der Waals surface area contributed by atoms with Crippen LogP contribution in [-0.2, 0) is 13.2 Å². The Bertz CT molecular complexity index is 1240. The number of amides is 1. The van der Waals surface area contributed by atoms with Gasteiger partial charge in [0.25, 0.3) is 5.91 Å². The molecule has 178 valence electrons. The fourth-order valence-corrected chi connectivity index (χ4v) is 4.78. The maximum absolute atomic E-state index is 12.9. The van der Waals surface area contributed by atoms with E-state index in [0.717, 1.165) is 40.7 Å². The predicted molar refractivity (Wildman–Crippen MR) is 136 cm³/mol. The number of ether oxygens (including phenoxy) is 1. The zero-order valence-electron chi connectivity index (χ0n) is 18.9. The van der Waals surface area contributed by atoms with E-state index in [9.17, 15) is 4.79 Å². The molecule has 0 unspecified atom stereocenters. The average molecular weight is 518 g/mol. The van der Waals surface area contributed by atoms with Gasteiger partial charge in [-0.3, -0.25) is 4.79 Å². The van der Waals surface area contributed by atoms with Crippen molar-refractivity contribution in [2.24, 2.45) is 0 Å². The van der Waals surface area contributed by atoms with Crippen molar-refractivity contribution in [3.8, 4) is 17.1 Å². The molecule has 0 aliphatic rings. The zero-order chi connectivity index (χ0) is 24.1. The van der Waals surface area contributed by atoms with Crippen LogP contribution in [0.3, 0.4) is 0 Å². The average Bonchev–Trinajstić information content (AvgIpc) is 3.54. The summed E-state index contributed by atoms with van der Waals surface area (Å²) in [7, 11) is 0. The normalized spacial score (nSPS) is 11.1. The van der Waals surface area contributed by atoms with E-state index in [1.165, 1.54) is 11.3 Å². The lowest BCUT2D eigenvalue weighted by Gasteiger charge is -2.09. The fraction of sp³-hybridized carbons (Fsp3) is 0.280. The monoisotopic (exact) mass is 517 g/mol. The highest BCUT2D eigenvalue weighted by Gasteiger charge is 2.21. The second-order valence-electron chi connectivity index (χ2n) is 7.82. The lowest BCUT2D eigenvalue weighted by molar-refractivity contribution is 0.0952. The van der Waals surface area contributed by atoms with Crippen LogP contribution in [0.5, 0.6) is 5.75 Å². The van der Waals surface area contributed by atoms with Gasteiger partial charge in [0.15, 0.2) is 0 Å². The summed E-state index contributed by atoms with van der Waals surface area (Å²) >= 11 is 13.6. The highest BCUT2D eigenvalue weighted by molar-refractivity contribution is 7.09. The maximum atomic E-state index is 12.9. The first-order chi connectivity index (χ1) is 16.4. The first kappa shape index (κ1) is 24.4. The SMILES string of the molecule is CCCCNC(=O)c1cc(-c2csc(COc3cc(Cl)cc(Cl)c3)n2)n(Cc2ccco2)c1C. The number of aromatic nitrogens is 2. The molecule has 4 rings (SSSR count). The second kappa shape index (κ2) is 11.1. The molecule has 3 heterocycles. The van der Waals surface area contributed by atoms with Crippen molar-refractivity contribution in [1.82, 2.24) is 14.9 Å². The van der Waals surface area contributed by atoms with Crippen LogP contribution in [0.15, 0.2) is 52.5 Å². The lowest BCUT2D eigenvalue weighted by atomic mass is 10.2. The molecule has 0 saturated heterocycles. The second-order valence-corrected chi connectivity index (χ2v) is 9.64. The molecule has 1 amide bonds. The molecule has 6 nitrogen and oxygen atoms in total. The van der Waals surface area contributed by atoms with Crippen LogP contribution < -0.4 is 10.1 Å². The molecule has 34 heavy (non-hydrogen) atoms. The molecule has 1 aromatic carbocycles. The summed E-state index contributed by atoms with van der Waals surface area (Å²) in [4.78, 5) is 17.6. The van der Waals surface area contributed by atoms with E-state index in [0.29, 0.717) is 34.4 Å². The number of carbonyl (C=O) groups is 1. The molecule has 0 aliphatic heterocycles. The Hall–Kier alpha value is -2.74. The number of benzene rings is 1. The van der Waals surface area contributed by atoms with E-state index < -0.39 is 0 Å². The summed E-state index contributed by atoms with van der Waals surface area (Å²) in [6, 6.07) is 10.7. The number of carbonyl (C=O) groups excluding carboxylic acids is 1. The van der Waals surface area contributed by atoms with Crippen LogP contribution in [0.2, 0.25) is 10.0 Å². The molecular weight excluding hydrogens is 493 g/mol. The molecule has 1 N–H and O–H groups in total. The molecule has 0 saturated carbocycles. The van der Waals surface area contributed by atoms with Gasteiger partial charge in [-0.15, -0.1) is 11.3 Å². The number of furan rings is 1. The maximum Gasteiger partial charge on any atom is 0.253 e. The van der Waals surface area contributed by atoms with Crippen molar-refractivity contribution in [3.05, 3.63) is 80.1 Å². The van der Waals surface area contributed by atoms with E-state index in [2.05, 4.69) is 16.8 Å². The molecule has 4 aromatic rings. The number of nitrogens with zero attached hydrogens (tertiary/aromatic N) is 2. The van der Waals surface area contributed by atoms with Crippen molar-refractivity contribution in [2.75, 3.05) is 6.54 Å². The number of rotatable bonds is 10. The Morgan fingerprint density at radius 2 is 2.03 bits per heavy atom. The smallest absolute Gasteiger partial charge is 0.253 e. The summed E-state index contributed by atoms with van der Waals surface area (Å²) in [6.07, 6.45) is 3.61. The Labute approximate surface area is 212 Å². The van der Waals surface area contributed by atoms with Crippen LogP contribution in [0.4, 0.5) is 0 Å². The lowest BCUT2D eigenvalue weighted by Crippen LogP contribution is -2.24. The van der Waals surface area contributed by atoms with Crippen molar-refractivity contribution < 1.29 is 13.9 Å². The largest absolute Gasteiger partial charge is 0.486 e. The minimum atomic E-state index is -0.0815. The third-order valence-electron chi connectivity index (χ3n) is 5.33. The van der Waals surface area contributed by atoms with Crippen molar-refractivity contribution in [2.45, 2.75) is 39.8 Å². The predicted octanol–water partition coefficient (Wildman–Crippen LogP) is 6.98. The van der Waals surface area contributed by atoms with E-state index in [1.54, 1.807) is 24.5 Å². The number of nitrogens with one attached hydrogen (secondary N) is 1. The summed E-state index contributed by atoms with van der Waals surface area (Å²) in [5.74, 6) is 1.30.